The third-order valence-electron chi connectivity index (χ3n) is 4.51. The van der Waals surface area contributed by atoms with Gasteiger partial charge in [-0.1, -0.05) is 24.3 Å². The van der Waals surface area contributed by atoms with Gasteiger partial charge in [0.25, 0.3) is 6.43 Å². The Bertz CT molecular complexity index is 844. The van der Waals surface area contributed by atoms with E-state index in [4.69, 9.17) is 0 Å². The zero-order chi connectivity index (χ0) is 23.0. The van der Waals surface area contributed by atoms with Crippen LogP contribution in [-0.2, 0) is 17.5 Å². The SMILES string of the molecule is CC(C)n1cc(C(F)(F)F)nc1-c1ccc([C@H](C(F)F)N(C)[S+]([O-])C(C)(C)C)cc1. The minimum atomic E-state index is -4.59. The van der Waals surface area contributed by atoms with Crippen molar-refractivity contribution < 1.29 is 26.5 Å². The van der Waals surface area contributed by atoms with E-state index < -0.39 is 40.4 Å². The first kappa shape index (κ1) is 24.6. The molecule has 10 heteroatoms. The summed E-state index contributed by atoms with van der Waals surface area (Å²) in [6.07, 6.45) is -6.45. The molecular formula is C20H26F5N3OS. The van der Waals surface area contributed by atoms with Crippen molar-refractivity contribution in [3.63, 3.8) is 0 Å². The Morgan fingerprint density at radius 3 is 2.00 bits per heavy atom. The van der Waals surface area contributed by atoms with Crippen LogP contribution in [0.4, 0.5) is 22.0 Å². The van der Waals surface area contributed by atoms with Gasteiger partial charge in [0.15, 0.2) is 5.69 Å². The molecule has 2 aromatic rings. The average molecular weight is 452 g/mol. The minimum absolute atomic E-state index is 0.101. The average Bonchev–Trinajstić information content (AvgIpc) is 3.06. The molecule has 0 saturated heterocycles. The molecule has 0 aliphatic rings. The van der Waals surface area contributed by atoms with Crippen molar-refractivity contribution in [3.8, 4) is 11.4 Å². The molecule has 0 bridgehead atoms. The van der Waals surface area contributed by atoms with Crippen molar-refractivity contribution in [2.45, 2.75) is 64.1 Å². The van der Waals surface area contributed by atoms with Gasteiger partial charge in [-0.05, 0) is 40.2 Å². The number of nitrogens with zero attached hydrogens (tertiary/aromatic N) is 3. The van der Waals surface area contributed by atoms with Gasteiger partial charge in [-0.3, -0.25) is 0 Å². The van der Waals surface area contributed by atoms with Crippen LogP contribution in [0, 0.1) is 0 Å². The van der Waals surface area contributed by atoms with E-state index in [1.807, 2.05) is 0 Å². The molecule has 0 aliphatic heterocycles. The highest BCUT2D eigenvalue weighted by Crippen LogP contribution is 2.35. The van der Waals surface area contributed by atoms with Crippen molar-refractivity contribution in [2.24, 2.45) is 0 Å². The van der Waals surface area contributed by atoms with E-state index in [1.54, 1.807) is 34.6 Å². The third kappa shape index (κ3) is 5.33. The van der Waals surface area contributed by atoms with Gasteiger partial charge in [-0.15, -0.1) is 4.31 Å². The molecule has 1 unspecified atom stereocenters. The van der Waals surface area contributed by atoms with Crippen LogP contribution in [0.1, 0.15) is 58.0 Å². The van der Waals surface area contributed by atoms with Crippen LogP contribution in [0.25, 0.3) is 11.4 Å². The predicted octanol–water partition coefficient (Wildman–Crippen LogP) is 5.85. The topological polar surface area (TPSA) is 44.1 Å². The molecule has 0 amide bonds. The molecule has 30 heavy (non-hydrogen) atoms. The van der Waals surface area contributed by atoms with E-state index in [0.29, 0.717) is 5.56 Å². The Morgan fingerprint density at radius 2 is 1.60 bits per heavy atom. The lowest BCUT2D eigenvalue weighted by atomic mass is 10.0. The minimum Gasteiger partial charge on any atom is -0.597 e. The highest BCUT2D eigenvalue weighted by atomic mass is 32.2. The molecule has 0 spiro atoms. The molecule has 2 rings (SSSR count). The van der Waals surface area contributed by atoms with Crippen LogP contribution in [0.15, 0.2) is 30.5 Å². The van der Waals surface area contributed by atoms with Crippen LogP contribution >= 0.6 is 0 Å². The van der Waals surface area contributed by atoms with Crippen LogP contribution in [0.5, 0.6) is 0 Å². The summed E-state index contributed by atoms with van der Waals surface area (Å²) >= 11 is -1.68. The number of aromatic nitrogens is 2. The standard InChI is InChI=1S/C20H26F5N3OS/c1-12(2)28-11-15(20(23,24)25)26-18(28)14-9-7-13(8-10-14)16(17(21)22)27(6)30(29)19(3,4)5/h7-12,16-17H,1-6H3/t16-,30?/m1/s1. The summed E-state index contributed by atoms with van der Waals surface area (Å²) in [5.74, 6) is 0.101. The number of rotatable bonds is 6. The Balaban J connectivity index is 2.43. The first-order chi connectivity index (χ1) is 13.6. The highest BCUT2D eigenvalue weighted by molar-refractivity contribution is 7.90. The number of hydrogen-bond donors (Lipinski definition) is 0. The normalized spacial score (nSPS) is 15.3. The maximum Gasteiger partial charge on any atom is 0.434 e. The molecule has 168 valence electrons. The monoisotopic (exact) mass is 451 g/mol. The summed E-state index contributed by atoms with van der Waals surface area (Å²) in [7, 11) is 1.37. The van der Waals surface area contributed by atoms with Gasteiger partial charge in [0.1, 0.15) is 16.6 Å². The summed E-state index contributed by atoms with van der Waals surface area (Å²) in [6.45, 7) is 8.52. The van der Waals surface area contributed by atoms with Gasteiger partial charge in [-0.25, -0.2) is 13.8 Å². The second-order valence-corrected chi connectivity index (χ2v) is 10.6. The molecule has 1 heterocycles. The van der Waals surface area contributed by atoms with Crippen molar-refractivity contribution in [2.75, 3.05) is 7.05 Å². The Labute approximate surface area is 176 Å². The first-order valence-electron chi connectivity index (χ1n) is 9.34. The van der Waals surface area contributed by atoms with Gasteiger partial charge in [0.2, 0.25) is 0 Å². The Kier molecular flexibility index (Phi) is 7.25. The lowest BCUT2D eigenvalue weighted by molar-refractivity contribution is -0.140. The highest BCUT2D eigenvalue weighted by Gasteiger charge is 2.40. The fourth-order valence-corrected chi connectivity index (χ4v) is 4.30. The van der Waals surface area contributed by atoms with Gasteiger partial charge in [0, 0.05) is 36.2 Å². The summed E-state index contributed by atoms with van der Waals surface area (Å²) in [5.41, 5.74) is -0.427. The molecule has 0 N–H and O–H groups in total. The van der Waals surface area contributed by atoms with Crippen LogP contribution < -0.4 is 0 Å². The van der Waals surface area contributed by atoms with E-state index >= 15 is 0 Å². The number of halogens is 5. The Hall–Kier alpha value is -1.65. The zero-order valence-corrected chi connectivity index (χ0v) is 18.5. The summed E-state index contributed by atoms with van der Waals surface area (Å²) in [4.78, 5) is 3.71. The summed E-state index contributed by atoms with van der Waals surface area (Å²) in [6, 6.07) is 4.04. The molecule has 1 aromatic carbocycles. The zero-order valence-electron chi connectivity index (χ0n) is 17.7. The van der Waals surface area contributed by atoms with Gasteiger partial charge < -0.3 is 9.12 Å². The van der Waals surface area contributed by atoms with E-state index in [2.05, 4.69) is 4.98 Å². The molecular weight excluding hydrogens is 425 g/mol. The lowest BCUT2D eigenvalue weighted by Gasteiger charge is -2.34. The van der Waals surface area contributed by atoms with Gasteiger partial charge in [-0.2, -0.15) is 13.2 Å². The van der Waals surface area contributed by atoms with Gasteiger partial charge >= 0.3 is 6.18 Å². The smallest absolute Gasteiger partial charge is 0.434 e. The molecule has 0 aliphatic carbocycles. The molecule has 0 saturated carbocycles. The molecule has 0 radical (unpaired) electrons. The maximum atomic E-state index is 13.8. The summed E-state index contributed by atoms with van der Waals surface area (Å²) < 4.78 is 81.2. The predicted molar refractivity (Wildman–Crippen MR) is 107 cm³/mol. The number of benzene rings is 1. The van der Waals surface area contributed by atoms with Crippen molar-refractivity contribution in [3.05, 3.63) is 41.7 Å². The second kappa shape index (κ2) is 8.84. The molecule has 1 aromatic heterocycles. The lowest BCUT2D eigenvalue weighted by Crippen LogP contribution is -2.44. The van der Waals surface area contributed by atoms with E-state index in [0.717, 1.165) is 10.5 Å². The van der Waals surface area contributed by atoms with E-state index in [9.17, 15) is 26.5 Å². The quantitative estimate of drug-likeness (QED) is 0.409. The van der Waals surface area contributed by atoms with E-state index in [1.165, 1.54) is 35.9 Å². The fraction of sp³-hybridized carbons (Fsp3) is 0.550. The fourth-order valence-electron chi connectivity index (χ4n) is 3.02. The van der Waals surface area contributed by atoms with Crippen LogP contribution in [-0.4, -0.2) is 36.6 Å². The second-order valence-electron chi connectivity index (χ2n) is 8.26. The maximum absolute atomic E-state index is 13.8. The van der Waals surface area contributed by atoms with Crippen LogP contribution in [0.2, 0.25) is 0 Å². The number of hydrogen-bond acceptors (Lipinski definition) is 3. The van der Waals surface area contributed by atoms with Gasteiger partial charge in [0.05, 0.1) is 0 Å². The third-order valence-corrected chi connectivity index (χ3v) is 6.30. The largest absolute Gasteiger partial charge is 0.597 e. The van der Waals surface area contributed by atoms with Crippen LogP contribution in [0.3, 0.4) is 0 Å². The van der Waals surface area contributed by atoms with E-state index in [-0.39, 0.29) is 17.4 Å². The first-order valence-corrected chi connectivity index (χ1v) is 10.4. The number of imidazole rings is 1. The van der Waals surface area contributed by atoms with Crippen molar-refractivity contribution in [1.82, 2.24) is 13.9 Å². The van der Waals surface area contributed by atoms with Crippen molar-refractivity contribution in [1.29, 1.82) is 0 Å². The molecule has 4 nitrogen and oxygen atoms in total. The van der Waals surface area contributed by atoms with Crippen molar-refractivity contribution >= 4 is 11.4 Å². The molecule has 2 atom stereocenters. The number of alkyl halides is 5. The summed E-state index contributed by atoms with van der Waals surface area (Å²) in [5, 5.41) is 0. The molecule has 0 fully saturated rings. The Morgan fingerprint density at radius 1 is 1.07 bits per heavy atom.